The zero-order chi connectivity index (χ0) is 18.0. The van der Waals surface area contributed by atoms with E-state index in [4.69, 9.17) is 5.11 Å². The number of carboxylic acid groups (broad SMARTS) is 1. The predicted molar refractivity (Wildman–Crippen MR) is 94.4 cm³/mol. The highest BCUT2D eigenvalue weighted by atomic mass is 16.4. The normalized spacial score (nSPS) is 11.7. The fourth-order valence-corrected chi connectivity index (χ4v) is 2.90. The molecule has 0 aliphatic heterocycles. The molecule has 0 bridgehead atoms. The number of amides is 2. The molecule has 0 heterocycles. The molecule has 3 rings (SSSR count). The number of hydrogen-bond acceptors (Lipinski definition) is 3. The van der Waals surface area contributed by atoms with E-state index in [0.29, 0.717) is 12.1 Å². The van der Waals surface area contributed by atoms with Crippen LogP contribution in [0.2, 0.25) is 0 Å². The van der Waals surface area contributed by atoms with Crippen molar-refractivity contribution in [2.45, 2.75) is 13.3 Å². The van der Waals surface area contributed by atoms with Crippen LogP contribution >= 0.6 is 0 Å². The van der Waals surface area contributed by atoms with Crippen LogP contribution in [0.15, 0.2) is 48.6 Å². The lowest BCUT2D eigenvalue weighted by Crippen LogP contribution is -2.08. The highest BCUT2D eigenvalue weighted by Gasteiger charge is 2.19. The third-order valence-electron chi connectivity index (χ3n) is 3.85. The van der Waals surface area contributed by atoms with Crippen LogP contribution in [0.3, 0.4) is 0 Å². The van der Waals surface area contributed by atoms with Crippen molar-refractivity contribution in [3.8, 4) is 11.1 Å². The standard InChI is InChI=1S/C19H16N2O4/c1-11(22)20-14-2-4-16-12(9-14)8-13-10-15(3-5-17(13)16)21-18(23)6-7-19(24)25/h2-7,9-10H,8H2,1H3,(H,20,22)(H,21,23)(H,24,25)/b7-6-. The van der Waals surface area contributed by atoms with Crippen LogP contribution in [0.4, 0.5) is 11.4 Å². The van der Waals surface area contributed by atoms with Crippen LogP contribution in [0, 0.1) is 0 Å². The highest BCUT2D eigenvalue weighted by molar-refractivity contribution is 6.02. The Hall–Kier alpha value is -3.41. The van der Waals surface area contributed by atoms with Gasteiger partial charge in [-0.1, -0.05) is 12.1 Å². The summed E-state index contributed by atoms with van der Waals surface area (Å²) in [7, 11) is 0. The molecule has 2 aromatic carbocycles. The molecule has 1 aliphatic carbocycles. The Bertz CT molecular complexity index is 916. The Kier molecular flexibility index (Phi) is 4.35. The second kappa shape index (κ2) is 6.60. The Morgan fingerprint density at radius 3 is 2.00 bits per heavy atom. The van der Waals surface area contributed by atoms with Crippen molar-refractivity contribution in [3.63, 3.8) is 0 Å². The summed E-state index contributed by atoms with van der Waals surface area (Å²) in [5.74, 6) is -1.78. The lowest BCUT2D eigenvalue weighted by atomic mass is 10.0. The first kappa shape index (κ1) is 16.4. The number of nitrogens with one attached hydrogen (secondary N) is 2. The number of benzene rings is 2. The molecule has 25 heavy (non-hydrogen) atoms. The Labute approximate surface area is 144 Å². The first-order valence-corrected chi connectivity index (χ1v) is 7.68. The smallest absolute Gasteiger partial charge is 0.328 e. The van der Waals surface area contributed by atoms with E-state index < -0.39 is 11.9 Å². The van der Waals surface area contributed by atoms with E-state index in [-0.39, 0.29) is 5.91 Å². The SMILES string of the molecule is CC(=O)Nc1ccc2c(c1)Cc1cc(NC(=O)/C=C\C(=O)O)ccc1-2. The van der Waals surface area contributed by atoms with Crippen LogP contribution in [-0.4, -0.2) is 22.9 Å². The Morgan fingerprint density at radius 2 is 1.48 bits per heavy atom. The Balaban J connectivity index is 1.80. The molecule has 2 amide bonds. The van der Waals surface area contributed by atoms with Gasteiger partial charge in [0, 0.05) is 30.5 Å². The average Bonchev–Trinajstić information content (AvgIpc) is 2.89. The molecule has 3 N–H and O–H groups in total. The van der Waals surface area contributed by atoms with Gasteiger partial charge in [-0.05, 0) is 52.9 Å². The molecule has 0 aromatic heterocycles. The van der Waals surface area contributed by atoms with Gasteiger partial charge in [-0.2, -0.15) is 0 Å². The van der Waals surface area contributed by atoms with Gasteiger partial charge in [0.25, 0.3) is 0 Å². The van der Waals surface area contributed by atoms with Gasteiger partial charge in [0.05, 0.1) is 0 Å². The zero-order valence-corrected chi connectivity index (χ0v) is 13.5. The molecule has 0 saturated heterocycles. The minimum absolute atomic E-state index is 0.116. The van der Waals surface area contributed by atoms with E-state index in [1.807, 2.05) is 30.3 Å². The van der Waals surface area contributed by atoms with Crippen molar-refractivity contribution in [2.24, 2.45) is 0 Å². The van der Waals surface area contributed by atoms with E-state index in [0.717, 1.165) is 40.1 Å². The predicted octanol–water partition coefficient (Wildman–Crippen LogP) is 2.80. The van der Waals surface area contributed by atoms with Crippen LogP contribution in [-0.2, 0) is 20.8 Å². The highest BCUT2D eigenvalue weighted by Crippen LogP contribution is 2.39. The summed E-state index contributed by atoms with van der Waals surface area (Å²) in [6.45, 7) is 1.47. The number of hydrogen-bond donors (Lipinski definition) is 3. The molecule has 0 atom stereocenters. The number of anilines is 2. The molecule has 0 saturated carbocycles. The summed E-state index contributed by atoms with van der Waals surface area (Å²) in [5, 5.41) is 14.0. The summed E-state index contributed by atoms with van der Waals surface area (Å²) in [4.78, 5) is 33.3. The lowest BCUT2D eigenvalue weighted by molar-refractivity contribution is -0.131. The fraction of sp³-hybridized carbons (Fsp3) is 0.105. The van der Waals surface area contributed by atoms with E-state index in [9.17, 15) is 14.4 Å². The number of fused-ring (bicyclic) bond motifs is 3. The number of carbonyl (C=O) groups is 3. The molecule has 0 unspecified atom stereocenters. The van der Waals surface area contributed by atoms with Gasteiger partial charge in [-0.15, -0.1) is 0 Å². The van der Waals surface area contributed by atoms with E-state index in [1.54, 1.807) is 6.07 Å². The monoisotopic (exact) mass is 336 g/mol. The minimum atomic E-state index is -1.17. The molecule has 1 aliphatic rings. The van der Waals surface area contributed by atoms with Crippen LogP contribution < -0.4 is 10.6 Å². The van der Waals surface area contributed by atoms with Crippen molar-refractivity contribution in [2.75, 3.05) is 10.6 Å². The minimum Gasteiger partial charge on any atom is -0.478 e. The molecule has 2 aromatic rings. The maximum atomic E-state index is 11.7. The molecule has 126 valence electrons. The summed E-state index contributed by atoms with van der Waals surface area (Å²) in [6, 6.07) is 11.4. The van der Waals surface area contributed by atoms with Gasteiger partial charge < -0.3 is 15.7 Å². The van der Waals surface area contributed by atoms with Crippen molar-refractivity contribution in [1.82, 2.24) is 0 Å². The molecule has 0 fully saturated rings. The molecule has 0 radical (unpaired) electrons. The number of rotatable bonds is 4. The van der Waals surface area contributed by atoms with Crippen LogP contribution in [0.5, 0.6) is 0 Å². The third-order valence-corrected chi connectivity index (χ3v) is 3.85. The maximum absolute atomic E-state index is 11.7. The summed E-state index contributed by atoms with van der Waals surface area (Å²) >= 11 is 0. The van der Waals surface area contributed by atoms with Gasteiger partial charge >= 0.3 is 5.97 Å². The fourth-order valence-electron chi connectivity index (χ4n) is 2.90. The van der Waals surface area contributed by atoms with Gasteiger partial charge in [-0.25, -0.2) is 4.79 Å². The summed E-state index contributed by atoms with van der Waals surface area (Å²) < 4.78 is 0. The molecular weight excluding hydrogens is 320 g/mol. The van der Waals surface area contributed by atoms with Crippen molar-refractivity contribution in [3.05, 3.63) is 59.7 Å². The van der Waals surface area contributed by atoms with Crippen LogP contribution in [0.1, 0.15) is 18.1 Å². The number of carboxylic acids is 1. The summed E-state index contributed by atoms with van der Waals surface area (Å²) in [5.41, 5.74) is 5.72. The van der Waals surface area contributed by atoms with Gasteiger partial charge in [0.15, 0.2) is 0 Å². The first-order chi connectivity index (χ1) is 11.9. The zero-order valence-electron chi connectivity index (χ0n) is 13.5. The van der Waals surface area contributed by atoms with Gasteiger partial charge in [-0.3, -0.25) is 9.59 Å². The summed E-state index contributed by atoms with van der Waals surface area (Å²) in [6.07, 6.45) is 2.47. The second-order valence-corrected chi connectivity index (χ2v) is 5.76. The van der Waals surface area contributed by atoms with E-state index in [1.165, 1.54) is 6.92 Å². The first-order valence-electron chi connectivity index (χ1n) is 7.68. The van der Waals surface area contributed by atoms with Crippen molar-refractivity contribution >= 4 is 29.2 Å². The number of aliphatic carboxylic acids is 1. The Morgan fingerprint density at radius 1 is 0.920 bits per heavy atom. The molecule has 6 nitrogen and oxygen atoms in total. The topological polar surface area (TPSA) is 95.5 Å². The van der Waals surface area contributed by atoms with Gasteiger partial charge in [0.2, 0.25) is 11.8 Å². The molecule has 0 spiro atoms. The molecule has 6 heteroatoms. The third kappa shape index (κ3) is 3.74. The number of carbonyl (C=O) groups excluding carboxylic acids is 2. The lowest BCUT2D eigenvalue weighted by Gasteiger charge is -2.06. The average molecular weight is 336 g/mol. The molecular formula is C19H16N2O4. The van der Waals surface area contributed by atoms with Gasteiger partial charge in [0.1, 0.15) is 0 Å². The second-order valence-electron chi connectivity index (χ2n) is 5.76. The van der Waals surface area contributed by atoms with Crippen molar-refractivity contribution in [1.29, 1.82) is 0 Å². The van der Waals surface area contributed by atoms with Crippen LogP contribution in [0.25, 0.3) is 11.1 Å². The largest absolute Gasteiger partial charge is 0.478 e. The van der Waals surface area contributed by atoms with E-state index >= 15 is 0 Å². The quantitative estimate of drug-likeness (QED) is 0.638. The van der Waals surface area contributed by atoms with E-state index in [2.05, 4.69) is 10.6 Å². The maximum Gasteiger partial charge on any atom is 0.328 e. The van der Waals surface area contributed by atoms with Crippen molar-refractivity contribution < 1.29 is 19.5 Å².